The van der Waals surface area contributed by atoms with Gasteiger partial charge in [0.05, 0.1) is 0 Å². The molecule has 1 aliphatic heterocycles. The summed E-state index contributed by atoms with van der Waals surface area (Å²) in [7, 11) is -1.96. The van der Waals surface area contributed by atoms with Crippen molar-refractivity contribution in [2.45, 2.75) is 11.8 Å². The summed E-state index contributed by atoms with van der Waals surface area (Å²) in [6.45, 7) is 2.74. The number of carbonyl (C=O) groups is 1. The number of piperazine rings is 1. The fraction of sp³-hybridized carbons (Fsp3) is 0.286. The molecular weight excluding hydrogens is 390 g/mol. The highest BCUT2D eigenvalue weighted by Gasteiger charge is 2.32. The zero-order valence-electron chi connectivity index (χ0n) is 16.4. The van der Waals surface area contributed by atoms with Crippen LogP contribution in [0.3, 0.4) is 0 Å². The van der Waals surface area contributed by atoms with Gasteiger partial charge in [-0.1, -0.05) is 24.3 Å². The largest absolute Gasteiger partial charge is 0.507 e. The number of hydrogen-bond donors (Lipinski definition) is 1. The molecule has 0 unspecified atom stereocenters. The van der Waals surface area contributed by atoms with Gasteiger partial charge < -0.3 is 14.6 Å². The SMILES string of the molecule is Cc1ccc(O)c(S(=O)(=O)N2CCN(C(=O)c3cc4ccccc4n3C)CC2)c1. The Morgan fingerprint density at radius 1 is 1.00 bits per heavy atom. The summed E-state index contributed by atoms with van der Waals surface area (Å²) in [5.41, 5.74) is 2.32. The summed E-state index contributed by atoms with van der Waals surface area (Å²) in [5.74, 6) is -0.372. The number of aromatic hydroxyl groups is 1. The second-order valence-electron chi connectivity index (χ2n) is 7.31. The Hall–Kier alpha value is -2.84. The van der Waals surface area contributed by atoms with Crippen LogP contribution in [0.25, 0.3) is 10.9 Å². The minimum absolute atomic E-state index is 0.0917. The number of phenols is 1. The quantitative estimate of drug-likeness (QED) is 0.715. The van der Waals surface area contributed by atoms with E-state index in [0.29, 0.717) is 18.8 Å². The van der Waals surface area contributed by atoms with Gasteiger partial charge in [0.15, 0.2) is 0 Å². The van der Waals surface area contributed by atoms with Crippen molar-refractivity contribution in [3.8, 4) is 5.75 Å². The zero-order chi connectivity index (χ0) is 20.8. The number of amides is 1. The number of benzene rings is 2. The van der Waals surface area contributed by atoms with E-state index in [1.807, 2.05) is 41.9 Å². The molecule has 2 heterocycles. The molecule has 0 bridgehead atoms. The Kier molecular flexibility index (Phi) is 4.84. The first kappa shape index (κ1) is 19.5. The topological polar surface area (TPSA) is 82.8 Å². The normalized spacial score (nSPS) is 15.7. The van der Waals surface area contributed by atoms with Crippen LogP contribution in [0.4, 0.5) is 0 Å². The molecule has 7 nitrogen and oxygen atoms in total. The maximum Gasteiger partial charge on any atom is 0.270 e. The number of aromatic nitrogens is 1. The Bertz CT molecular complexity index is 1190. The highest BCUT2D eigenvalue weighted by Crippen LogP contribution is 2.28. The van der Waals surface area contributed by atoms with Gasteiger partial charge in [-0.3, -0.25) is 4.79 Å². The Morgan fingerprint density at radius 3 is 2.38 bits per heavy atom. The molecule has 0 atom stereocenters. The van der Waals surface area contributed by atoms with E-state index in [-0.39, 0.29) is 29.6 Å². The van der Waals surface area contributed by atoms with Crippen LogP contribution in [0, 0.1) is 6.92 Å². The van der Waals surface area contributed by atoms with Crippen molar-refractivity contribution in [3.63, 3.8) is 0 Å². The molecule has 152 valence electrons. The van der Waals surface area contributed by atoms with E-state index in [4.69, 9.17) is 0 Å². The number of phenolic OH excluding ortho intramolecular Hbond substituents is 1. The summed E-state index contributed by atoms with van der Waals surface area (Å²) >= 11 is 0. The minimum Gasteiger partial charge on any atom is -0.507 e. The van der Waals surface area contributed by atoms with Crippen LogP contribution in [-0.4, -0.2) is 59.4 Å². The van der Waals surface area contributed by atoms with Crippen molar-refractivity contribution < 1.29 is 18.3 Å². The van der Waals surface area contributed by atoms with Crippen molar-refractivity contribution in [2.24, 2.45) is 7.05 Å². The molecule has 3 aromatic rings. The highest BCUT2D eigenvalue weighted by atomic mass is 32.2. The number of sulfonamides is 1. The van der Waals surface area contributed by atoms with Gasteiger partial charge in [0.25, 0.3) is 5.91 Å². The predicted molar refractivity (Wildman–Crippen MR) is 110 cm³/mol. The van der Waals surface area contributed by atoms with Crippen LogP contribution in [0.15, 0.2) is 53.4 Å². The van der Waals surface area contributed by atoms with Gasteiger partial charge in [0.2, 0.25) is 10.0 Å². The molecule has 0 spiro atoms. The third kappa shape index (κ3) is 3.38. The van der Waals surface area contributed by atoms with Gasteiger partial charge in [0.1, 0.15) is 16.3 Å². The molecule has 0 radical (unpaired) electrons. The summed E-state index contributed by atoms with van der Waals surface area (Å²) in [5, 5.41) is 11.0. The highest BCUT2D eigenvalue weighted by molar-refractivity contribution is 7.89. The standard InChI is InChI=1S/C21H23N3O4S/c1-15-7-8-19(25)20(13-15)29(27,28)24-11-9-23(10-12-24)21(26)18-14-16-5-3-4-6-17(16)22(18)2/h3-8,13-14,25H,9-12H2,1-2H3. The number of fused-ring (bicyclic) bond motifs is 1. The van der Waals surface area contributed by atoms with E-state index in [1.165, 1.54) is 16.4 Å². The van der Waals surface area contributed by atoms with Crippen LogP contribution < -0.4 is 0 Å². The minimum atomic E-state index is -3.82. The summed E-state index contributed by atoms with van der Waals surface area (Å²) in [6.07, 6.45) is 0. The lowest BCUT2D eigenvalue weighted by atomic mass is 10.2. The number of para-hydroxylation sites is 1. The van der Waals surface area contributed by atoms with Crippen LogP contribution >= 0.6 is 0 Å². The smallest absolute Gasteiger partial charge is 0.270 e. The lowest BCUT2D eigenvalue weighted by Crippen LogP contribution is -2.50. The van der Waals surface area contributed by atoms with E-state index >= 15 is 0 Å². The van der Waals surface area contributed by atoms with Crippen LogP contribution in [-0.2, 0) is 17.1 Å². The second kappa shape index (κ2) is 7.20. The molecular formula is C21H23N3O4S. The number of carbonyl (C=O) groups excluding carboxylic acids is 1. The van der Waals surface area contributed by atoms with E-state index in [1.54, 1.807) is 17.9 Å². The first-order chi connectivity index (χ1) is 13.8. The lowest BCUT2D eigenvalue weighted by Gasteiger charge is -2.34. The summed E-state index contributed by atoms with van der Waals surface area (Å²) in [6, 6.07) is 14.2. The van der Waals surface area contributed by atoms with E-state index < -0.39 is 10.0 Å². The lowest BCUT2D eigenvalue weighted by molar-refractivity contribution is 0.0688. The van der Waals surface area contributed by atoms with E-state index in [0.717, 1.165) is 16.5 Å². The third-order valence-electron chi connectivity index (χ3n) is 5.43. The first-order valence-corrected chi connectivity index (χ1v) is 10.9. The van der Waals surface area contributed by atoms with Crippen molar-refractivity contribution >= 4 is 26.8 Å². The molecule has 1 aromatic heterocycles. The molecule has 8 heteroatoms. The molecule has 0 aliphatic carbocycles. The fourth-order valence-corrected chi connectivity index (χ4v) is 5.34. The van der Waals surface area contributed by atoms with Crippen molar-refractivity contribution in [3.05, 3.63) is 59.8 Å². The van der Waals surface area contributed by atoms with Crippen molar-refractivity contribution in [1.82, 2.24) is 13.8 Å². The van der Waals surface area contributed by atoms with Crippen LogP contribution in [0.5, 0.6) is 5.75 Å². The number of aryl methyl sites for hydroxylation is 2. The van der Waals surface area contributed by atoms with Crippen molar-refractivity contribution in [1.29, 1.82) is 0 Å². The van der Waals surface area contributed by atoms with Gasteiger partial charge in [-0.2, -0.15) is 4.31 Å². The fourth-order valence-electron chi connectivity index (χ4n) is 3.75. The molecule has 1 amide bonds. The summed E-state index contributed by atoms with van der Waals surface area (Å²) in [4.78, 5) is 14.6. The average molecular weight is 413 g/mol. The second-order valence-corrected chi connectivity index (χ2v) is 9.22. The summed E-state index contributed by atoms with van der Waals surface area (Å²) < 4.78 is 29.1. The molecule has 1 fully saturated rings. The Labute approximate surface area is 169 Å². The molecule has 1 aliphatic rings. The van der Waals surface area contributed by atoms with Gasteiger partial charge in [0, 0.05) is 44.1 Å². The van der Waals surface area contributed by atoms with Gasteiger partial charge in [-0.25, -0.2) is 8.42 Å². The number of nitrogens with zero attached hydrogens (tertiary/aromatic N) is 3. The van der Waals surface area contributed by atoms with E-state index in [9.17, 15) is 18.3 Å². The Balaban J connectivity index is 1.52. The van der Waals surface area contributed by atoms with Crippen LogP contribution in [0.1, 0.15) is 16.1 Å². The molecule has 29 heavy (non-hydrogen) atoms. The van der Waals surface area contributed by atoms with Crippen molar-refractivity contribution in [2.75, 3.05) is 26.2 Å². The molecule has 2 aromatic carbocycles. The average Bonchev–Trinajstić information content (AvgIpc) is 3.06. The maximum absolute atomic E-state index is 13.0. The predicted octanol–water partition coefficient (Wildman–Crippen LogP) is 2.34. The monoisotopic (exact) mass is 413 g/mol. The Morgan fingerprint density at radius 2 is 1.69 bits per heavy atom. The van der Waals surface area contributed by atoms with Gasteiger partial charge in [-0.15, -0.1) is 0 Å². The van der Waals surface area contributed by atoms with Crippen LogP contribution in [0.2, 0.25) is 0 Å². The molecule has 4 rings (SSSR count). The van der Waals surface area contributed by atoms with E-state index in [2.05, 4.69) is 0 Å². The number of rotatable bonds is 3. The molecule has 0 saturated carbocycles. The molecule has 1 saturated heterocycles. The van der Waals surface area contributed by atoms with Gasteiger partial charge in [-0.05, 0) is 36.8 Å². The number of hydrogen-bond acceptors (Lipinski definition) is 4. The van der Waals surface area contributed by atoms with Gasteiger partial charge >= 0.3 is 0 Å². The third-order valence-corrected chi connectivity index (χ3v) is 7.36. The molecule has 1 N–H and O–H groups in total. The first-order valence-electron chi connectivity index (χ1n) is 9.42. The maximum atomic E-state index is 13.0. The zero-order valence-corrected chi connectivity index (χ0v) is 17.2.